The summed E-state index contributed by atoms with van der Waals surface area (Å²) in [5.74, 6) is -0.981. The van der Waals surface area contributed by atoms with Crippen LogP contribution in [0.3, 0.4) is 0 Å². The number of hydrogen-bond acceptors (Lipinski definition) is 2. The van der Waals surface area contributed by atoms with Crippen LogP contribution >= 0.6 is 11.6 Å². The molecule has 0 bridgehead atoms. The molecule has 0 saturated carbocycles. The van der Waals surface area contributed by atoms with Gasteiger partial charge in [-0.1, -0.05) is 23.7 Å². The number of benzene rings is 2. The molecule has 4 nitrogen and oxygen atoms in total. The van der Waals surface area contributed by atoms with E-state index < -0.39 is 0 Å². The lowest BCUT2D eigenvalue weighted by molar-refractivity contribution is -0.121. The Labute approximate surface area is 150 Å². The van der Waals surface area contributed by atoms with E-state index in [0.717, 1.165) is 6.42 Å². The van der Waals surface area contributed by atoms with Crippen LogP contribution in [0.25, 0.3) is 0 Å². The summed E-state index contributed by atoms with van der Waals surface area (Å²) in [6, 6.07) is 12.5. The zero-order chi connectivity index (χ0) is 17.8. The van der Waals surface area contributed by atoms with Crippen LogP contribution in [0, 0.1) is 11.7 Å². The van der Waals surface area contributed by atoms with Crippen molar-refractivity contribution in [3.8, 4) is 0 Å². The smallest absolute Gasteiger partial charge is 0.255 e. The number of nitrogens with one attached hydrogen (secondary N) is 1. The highest BCUT2D eigenvalue weighted by Crippen LogP contribution is 2.23. The Morgan fingerprint density at radius 3 is 2.56 bits per heavy atom. The zero-order valence-corrected chi connectivity index (χ0v) is 14.3. The van der Waals surface area contributed by atoms with Gasteiger partial charge in [-0.25, -0.2) is 4.39 Å². The Bertz CT molecular complexity index is 779. The maximum absolute atomic E-state index is 12.9. The van der Waals surface area contributed by atoms with Gasteiger partial charge in [0.15, 0.2) is 0 Å². The van der Waals surface area contributed by atoms with E-state index >= 15 is 0 Å². The fourth-order valence-corrected chi connectivity index (χ4v) is 3.17. The Kier molecular flexibility index (Phi) is 5.34. The third-order valence-corrected chi connectivity index (χ3v) is 4.63. The fourth-order valence-electron chi connectivity index (χ4n) is 2.96. The first-order valence-electron chi connectivity index (χ1n) is 8.15. The highest BCUT2D eigenvalue weighted by atomic mass is 35.5. The van der Waals surface area contributed by atoms with Gasteiger partial charge in [-0.2, -0.15) is 0 Å². The number of hydrogen-bond donors (Lipinski definition) is 1. The van der Waals surface area contributed by atoms with Gasteiger partial charge < -0.3 is 10.2 Å². The molecule has 2 aromatic carbocycles. The highest BCUT2D eigenvalue weighted by Gasteiger charge is 2.29. The van der Waals surface area contributed by atoms with E-state index in [1.165, 1.54) is 24.3 Å². The number of amides is 2. The van der Waals surface area contributed by atoms with E-state index in [4.69, 9.17) is 11.6 Å². The van der Waals surface area contributed by atoms with E-state index in [9.17, 15) is 14.0 Å². The largest absolute Gasteiger partial charge is 0.338 e. The highest BCUT2D eigenvalue weighted by molar-refractivity contribution is 6.33. The molecule has 2 amide bonds. The molecule has 1 N–H and O–H groups in total. The average Bonchev–Trinajstić information content (AvgIpc) is 2.63. The molecule has 0 spiro atoms. The second-order valence-electron chi connectivity index (χ2n) is 6.07. The third kappa shape index (κ3) is 4.17. The van der Waals surface area contributed by atoms with Gasteiger partial charge in [-0.3, -0.25) is 9.59 Å². The quantitative estimate of drug-likeness (QED) is 0.900. The van der Waals surface area contributed by atoms with E-state index in [0.29, 0.717) is 35.8 Å². The first-order valence-corrected chi connectivity index (χ1v) is 8.52. The van der Waals surface area contributed by atoms with Gasteiger partial charge >= 0.3 is 0 Å². The number of piperidine rings is 1. The molecule has 3 rings (SSSR count). The van der Waals surface area contributed by atoms with Crippen LogP contribution in [0.2, 0.25) is 5.02 Å². The van der Waals surface area contributed by atoms with Crippen molar-refractivity contribution in [1.82, 2.24) is 4.90 Å². The molecule has 1 atom stereocenters. The first kappa shape index (κ1) is 17.4. The second-order valence-corrected chi connectivity index (χ2v) is 6.47. The maximum atomic E-state index is 12.9. The molecule has 1 saturated heterocycles. The van der Waals surface area contributed by atoms with Crippen molar-refractivity contribution in [1.29, 1.82) is 0 Å². The molecule has 1 aliphatic heterocycles. The monoisotopic (exact) mass is 360 g/mol. The lowest BCUT2D eigenvalue weighted by atomic mass is 9.96. The van der Waals surface area contributed by atoms with Gasteiger partial charge in [0.2, 0.25) is 5.91 Å². The molecular formula is C19H18ClFN2O2. The van der Waals surface area contributed by atoms with Gasteiger partial charge in [-0.15, -0.1) is 0 Å². The summed E-state index contributed by atoms with van der Waals surface area (Å²) in [7, 11) is 0. The van der Waals surface area contributed by atoms with Crippen LogP contribution < -0.4 is 5.32 Å². The van der Waals surface area contributed by atoms with Crippen LogP contribution in [0.1, 0.15) is 23.2 Å². The number of carbonyl (C=O) groups is 2. The summed E-state index contributed by atoms with van der Waals surface area (Å²) in [4.78, 5) is 26.8. The summed E-state index contributed by atoms with van der Waals surface area (Å²) in [6.07, 6.45) is 1.46. The average molecular weight is 361 g/mol. The topological polar surface area (TPSA) is 49.4 Å². The zero-order valence-electron chi connectivity index (χ0n) is 13.5. The van der Waals surface area contributed by atoms with Gasteiger partial charge in [0.05, 0.1) is 16.5 Å². The predicted octanol–water partition coefficient (Wildman–Crippen LogP) is 3.97. The van der Waals surface area contributed by atoms with E-state index in [2.05, 4.69) is 5.32 Å². The van der Waals surface area contributed by atoms with Crippen molar-refractivity contribution in [2.45, 2.75) is 12.8 Å². The normalized spacial score (nSPS) is 17.2. The Hall–Kier alpha value is -2.40. The molecule has 0 aliphatic carbocycles. The Morgan fingerprint density at radius 2 is 1.84 bits per heavy atom. The van der Waals surface area contributed by atoms with Gasteiger partial charge in [0.25, 0.3) is 5.91 Å². The van der Waals surface area contributed by atoms with Gasteiger partial charge in [0.1, 0.15) is 5.82 Å². The number of rotatable bonds is 3. The summed E-state index contributed by atoms with van der Waals surface area (Å²) in [6.45, 7) is 0.946. The van der Waals surface area contributed by atoms with Crippen molar-refractivity contribution in [2.24, 2.45) is 5.92 Å². The van der Waals surface area contributed by atoms with E-state index in [-0.39, 0.29) is 23.5 Å². The predicted molar refractivity (Wildman–Crippen MR) is 95.1 cm³/mol. The number of anilines is 1. The molecule has 6 heteroatoms. The van der Waals surface area contributed by atoms with Crippen LogP contribution in [0.4, 0.5) is 10.1 Å². The van der Waals surface area contributed by atoms with Crippen molar-refractivity contribution >= 4 is 29.1 Å². The van der Waals surface area contributed by atoms with Crippen molar-refractivity contribution in [3.63, 3.8) is 0 Å². The molecule has 0 aromatic heterocycles. The fraction of sp³-hybridized carbons (Fsp3) is 0.263. The lowest BCUT2D eigenvalue weighted by Gasteiger charge is -2.32. The third-order valence-electron chi connectivity index (χ3n) is 4.30. The molecule has 1 aliphatic rings. The summed E-state index contributed by atoms with van der Waals surface area (Å²) in [5, 5.41) is 3.19. The SMILES string of the molecule is O=C(Nc1ccc(F)cc1)C1CCCN(C(=O)c2ccccc2Cl)C1. The van der Waals surface area contributed by atoms with Gasteiger partial charge in [-0.05, 0) is 49.2 Å². The minimum Gasteiger partial charge on any atom is -0.338 e. The summed E-state index contributed by atoms with van der Waals surface area (Å²) >= 11 is 6.10. The van der Waals surface area contributed by atoms with Crippen LogP contribution in [0.15, 0.2) is 48.5 Å². The van der Waals surface area contributed by atoms with Crippen molar-refractivity contribution < 1.29 is 14.0 Å². The molecule has 130 valence electrons. The Balaban J connectivity index is 1.66. The minimum absolute atomic E-state index is 0.162. The number of nitrogens with zero attached hydrogens (tertiary/aromatic N) is 1. The van der Waals surface area contributed by atoms with Crippen LogP contribution in [-0.2, 0) is 4.79 Å². The van der Waals surface area contributed by atoms with E-state index in [1.54, 1.807) is 29.2 Å². The number of halogens is 2. The minimum atomic E-state index is -0.354. The van der Waals surface area contributed by atoms with Crippen LogP contribution in [-0.4, -0.2) is 29.8 Å². The molecule has 2 aromatic rings. The Morgan fingerprint density at radius 1 is 1.12 bits per heavy atom. The van der Waals surface area contributed by atoms with E-state index in [1.807, 2.05) is 0 Å². The molecule has 1 fully saturated rings. The van der Waals surface area contributed by atoms with Gasteiger partial charge in [0, 0.05) is 18.8 Å². The lowest BCUT2D eigenvalue weighted by Crippen LogP contribution is -2.43. The molecule has 25 heavy (non-hydrogen) atoms. The standard InChI is InChI=1S/C19H18ClFN2O2/c20-17-6-2-1-5-16(17)19(25)23-11-3-4-13(12-23)18(24)22-15-9-7-14(21)8-10-15/h1-2,5-10,13H,3-4,11-12H2,(H,22,24). The number of carbonyl (C=O) groups excluding carboxylic acids is 2. The molecular weight excluding hydrogens is 343 g/mol. The number of likely N-dealkylation sites (tertiary alicyclic amines) is 1. The second kappa shape index (κ2) is 7.66. The molecule has 1 unspecified atom stereocenters. The van der Waals surface area contributed by atoms with Crippen molar-refractivity contribution in [2.75, 3.05) is 18.4 Å². The summed E-state index contributed by atoms with van der Waals surface area (Å²) < 4.78 is 12.9. The summed E-state index contributed by atoms with van der Waals surface area (Å²) in [5.41, 5.74) is 0.990. The molecule has 0 radical (unpaired) electrons. The maximum Gasteiger partial charge on any atom is 0.255 e. The first-order chi connectivity index (χ1) is 12.0. The van der Waals surface area contributed by atoms with Crippen molar-refractivity contribution in [3.05, 3.63) is 64.9 Å². The molecule has 1 heterocycles. The van der Waals surface area contributed by atoms with Crippen LogP contribution in [0.5, 0.6) is 0 Å².